The molecule has 2 aliphatic rings. The van der Waals surface area contributed by atoms with Crippen molar-refractivity contribution in [2.24, 2.45) is 0 Å². The number of quaternary nitrogens is 2. The first-order chi connectivity index (χ1) is 13.7. The highest BCUT2D eigenvalue weighted by molar-refractivity contribution is 5.41. The topological polar surface area (TPSA) is 0 Å². The molecule has 2 nitrogen and oxygen atoms in total. The summed E-state index contributed by atoms with van der Waals surface area (Å²) < 4.78 is 2.18. The third kappa shape index (κ3) is 5.39. The molecular formula is C26H34N2+2. The van der Waals surface area contributed by atoms with Gasteiger partial charge in [0.1, 0.15) is 13.1 Å². The summed E-state index contributed by atoms with van der Waals surface area (Å²) in [4.78, 5) is 0. The van der Waals surface area contributed by atoms with Crippen molar-refractivity contribution in [2.45, 2.75) is 25.7 Å². The molecule has 2 heteroatoms. The monoisotopic (exact) mass is 374 g/mol. The molecule has 0 spiro atoms. The van der Waals surface area contributed by atoms with Crippen LogP contribution in [-0.2, 0) is 0 Å². The van der Waals surface area contributed by atoms with Crippen LogP contribution in [0.2, 0.25) is 0 Å². The van der Waals surface area contributed by atoms with Crippen LogP contribution in [0.15, 0.2) is 49.6 Å². The fraction of sp³-hybridized carbons (Fsp3) is 0.462. The van der Waals surface area contributed by atoms with Crippen LogP contribution < -0.4 is 0 Å². The lowest BCUT2D eigenvalue weighted by Gasteiger charge is -2.30. The van der Waals surface area contributed by atoms with Crippen LogP contribution in [0.1, 0.15) is 36.8 Å². The first-order valence-electron chi connectivity index (χ1n) is 10.7. The molecule has 0 aliphatic carbocycles. The Bertz CT molecular complexity index is 714. The van der Waals surface area contributed by atoms with E-state index in [2.05, 4.69) is 61.1 Å². The van der Waals surface area contributed by atoms with Gasteiger partial charge in [0.15, 0.2) is 0 Å². The average Bonchev–Trinajstić information content (AvgIpc) is 3.34. The molecule has 2 fully saturated rings. The van der Waals surface area contributed by atoms with Crippen molar-refractivity contribution in [3.05, 3.63) is 60.7 Å². The third-order valence-electron chi connectivity index (χ3n) is 6.24. The molecule has 0 bridgehead atoms. The first-order valence-corrected chi connectivity index (χ1v) is 10.7. The van der Waals surface area contributed by atoms with Crippen molar-refractivity contribution in [3.8, 4) is 23.7 Å². The Morgan fingerprint density at radius 1 is 0.679 bits per heavy atom. The van der Waals surface area contributed by atoms with Crippen molar-refractivity contribution in [3.63, 3.8) is 0 Å². The van der Waals surface area contributed by atoms with Crippen molar-refractivity contribution in [2.75, 3.05) is 52.4 Å². The molecule has 0 saturated carbocycles. The number of nitrogens with zero attached hydrogens (tertiary/aromatic N) is 2. The van der Waals surface area contributed by atoms with E-state index < -0.39 is 0 Å². The molecule has 146 valence electrons. The van der Waals surface area contributed by atoms with E-state index in [1.165, 1.54) is 51.9 Å². The van der Waals surface area contributed by atoms with Crippen LogP contribution in [0.5, 0.6) is 0 Å². The Balaban J connectivity index is 1.57. The summed E-state index contributed by atoms with van der Waals surface area (Å²) in [6.45, 7) is 16.7. The second-order valence-electron chi connectivity index (χ2n) is 8.43. The Morgan fingerprint density at radius 3 is 1.36 bits per heavy atom. The van der Waals surface area contributed by atoms with Crippen molar-refractivity contribution in [1.82, 2.24) is 0 Å². The highest BCUT2D eigenvalue weighted by atomic mass is 15.4. The number of hydrogen-bond acceptors (Lipinski definition) is 0. The van der Waals surface area contributed by atoms with Gasteiger partial charge >= 0.3 is 0 Å². The normalized spacial score (nSPS) is 19.1. The Kier molecular flexibility index (Phi) is 7.16. The maximum atomic E-state index is 3.93. The smallest absolute Gasteiger partial charge is 0.141 e. The summed E-state index contributed by atoms with van der Waals surface area (Å²) >= 11 is 0. The number of benzene rings is 1. The predicted molar refractivity (Wildman–Crippen MR) is 119 cm³/mol. The minimum atomic E-state index is 0.927. The second kappa shape index (κ2) is 9.79. The van der Waals surface area contributed by atoms with Crippen molar-refractivity contribution in [1.29, 1.82) is 0 Å². The van der Waals surface area contributed by atoms with Crippen molar-refractivity contribution < 1.29 is 8.97 Å². The maximum Gasteiger partial charge on any atom is 0.141 e. The summed E-state index contributed by atoms with van der Waals surface area (Å²) in [6, 6.07) is 8.40. The van der Waals surface area contributed by atoms with Gasteiger partial charge in [-0.15, -0.1) is 0 Å². The molecule has 1 aromatic carbocycles. The largest absolute Gasteiger partial charge is 0.310 e. The number of likely N-dealkylation sites (tertiary alicyclic amines) is 2. The lowest BCUT2D eigenvalue weighted by molar-refractivity contribution is -0.904. The van der Waals surface area contributed by atoms with Crippen LogP contribution in [0.4, 0.5) is 0 Å². The summed E-state index contributed by atoms with van der Waals surface area (Å²) in [6.07, 6.45) is 9.35. The summed E-state index contributed by atoms with van der Waals surface area (Å²) in [5, 5.41) is 0. The maximum absolute atomic E-state index is 3.93. The fourth-order valence-corrected chi connectivity index (χ4v) is 4.63. The second-order valence-corrected chi connectivity index (χ2v) is 8.43. The molecule has 0 atom stereocenters. The summed E-state index contributed by atoms with van der Waals surface area (Å²) in [7, 11) is 0. The SMILES string of the molecule is C=CC[N+]1(CC#Cc2ccc(C#CC[N+]3(CC=C)CCCC3)cc2)CCCC1. The zero-order valence-electron chi connectivity index (χ0n) is 17.3. The van der Waals surface area contributed by atoms with E-state index in [4.69, 9.17) is 0 Å². The highest BCUT2D eigenvalue weighted by Crippen LogP contribution is 2.19. The molecule has 0 unspecified atom stereocenters. The van der Waals surface area contributed by atoms with Gasteiger partial charge in [0, 0.05) is 36.8 Å². The Hall–Kier alpha value is -2.26. The highest BCUT2D eigenvalue weighted by Gasteiger charge is 2.30. The molecule has 0 N–H and O–H groups in total. The van der Waals surface area contributed by atoms with Crippen molar-refractivity contribution >= 4 is 0 Å². The van der Waals surface area contributed by atoms with Gasteiger partial charge in [0.25, 0.3) is 0 Å². The number of rotatable bonds is 6. The van der Waals surface area contributed by atoms with Crippen LogP contribution in [0, 0.1) is 23.7 Å². The molecule has 0 radical (unpaired) electrons. The van der Waals surface area contributed by atoms with E-state index >= 15 is 0 Å². The van der Waals surface area contributed by atoms with Gasteiger partial charge in [-0.25, -0.2) is 0 Å². The molecule has 2 heterocycles. The summed E-state index contributed by atoms with van der Waals surface area (Å²) in [5.41, 5.74) is 2.16. The molecule has 3 rings (SSSR count). The van der Waals surface area contributed by atoms with Gasteiger partial charge in [-0.3, -0.25) is 0 Å². The molecule has 2 saturated heterocycles. The van der Waals surface area contributed by atoms with E-state index in [0.29, 0.717) is 0 Å². The van der Waals surface area contributed by atoms with Crippen LogP contribution in [0.3, 0.4) is 0 Å². The lowest BCUT2D eigenvalue weighted by Crippen LogP contribution is -2.45. The third-order valence-corrected chi connectivity index (χ3v) is 6.24. The van der Waals surface area contributed by atoms with E-state index in [1.807, 2.05) is 12.2 Å². The van der Waals surface area contributed by atoms with Crippen LogP contribution in [0.25, 0.3) is 0 Å². The van der Waals surface area contributed by atoms with Crippen LogP contribution >= 0.6 is 0 Å². The molecule has 1 aromatic rings. The Morgan fingerprint density at radius 2 is 1.04 bits per heavy atom. The lowest BCUT2D eigenvalue weighted by atomic mass is 10.1. The average molecular weight is 375 g/mol. The minimum Gasteiger partial charge on any atom is -0.310 e. The quantitative estimate of drug-likeness (QED) is 0.401. The van der Waals surface area contributed by atoms with E-state index in [-0.39, 0.29) is 0 Å². The molecule has 28 heavy (non-hydrogen) atoms. The van der Waals surface area contributed by atoms with Gasteiger partial charge in [-0.2, -0.15) is 0 Å². The fourth-order valence-electron chi connectivity index (χ4n) is 4.63. The molecule has 2 aliphatic heterocycles. The predicted octanol–water partition coefficient (Wildman–Crippen LogP) is 3.98. The van der Waals surface area contributed by atoms with Gasteiger partial charge in [-0.05, 0) is 48.3 Å². The van der Waals surface area contributed by atoms with E-state index in [9.17, 15) is 0 Å². The molecule has 0 aromatic heterocycles. The zero-order chi connectivity index (χ0) is 19.7. The first kappa shape index (κ1) is 20.5. The minimum absolute atomic E-state index is 0.927. The van der Waals surface area contributed by atoms with Gasteiger partial charge in [-0.1, -0.05) is 25.0 Å². The van der Waals surface area contributed by atoms with Gasteiger partial charge in [0.2, 0.25) is 0 Å². The van der Waals surface area contributed by atoms with Gasteiger partial charge < -0.3 is 8.97 Å². The number of hydrogen-bond donors (Lipinski definition) is 0. The van der Waals surface area contributed by atoms with E-state index in [1.54, 1.807) is 0 Å². The Labute approximate surface area is 171 Å². The zero-order valence-corrected chi connectivity index (χ0v) is 17.3. The summed E-state index contributed by atoms with van der Waals surface area (Å²) in [5.74, 6) is 13.5. The van der Waals surface area contributed by atoms with Crippen LogP contribution in [-0.4, -0.2) is 61.3 Å². The van der Waals surface area contributed by atoms with E-state index in [0.717, 1.165) is 46.3 Å². The molecular weight excluding hydrogens is 340 g/mol. The standard InChI is InChI=1S/C26H34N2/c1-3-17-27(19-5-6-20-27)23-9-11-25-13-15-26(16-14-25)12-10-24-28(18-4-2)21-7-8-22-28/h3-4,13-16H,1-2,5-8,17-24H2/q+2. The molecule has 0 amide bonds. The van der Waals surface area contributed by atoms with Gasteiger partial charge in [0.05, 0.1) is 39.3 Å².